The van der Waals surface area contributed by atoms with Crippen LogP contribution in [0.3, 0.4) is 0 Å². The number of hydrogen-bond donors (Lipinski definition) is 2. The van der Waals surface area contributed by atoms with Crippen LogP contribution in [0.25, 0.3) is 0 Å². The van der Waals surface area contributed by atoms with E-state index < -0.39 is 0 Å². The lowest BCUT2D eigenvalue weighted by Crippen LogP contribution is -2.31. The lowest BCUT2D eigenvalue weighted by atomic mass is 10.0. The Morgan fingerprint density at radius 1 is 1.21 bits per heavy atom. The van der Waals surface area contributed by atoms with E-state index in [1.807, 2.05) is 20.0 Å². The summed E-state index contributed by atoms with van der Waals surface area (Å²) in [6.07, 6.45) is 2.59. The molecular weight excluding hydrogens is 240 g/mol. The topological polar surface area (TPSA) is 42.5 Å². The standard InChI is InChI=1S/C15H24N2O2/c1-10-7-15(19-4)12(8-14(10)18-3)13(16-2)9-17-11-5-6-11/h7-8,11,13,16-17H,5-6,9H2,1-4H3. The maximum absolute atomic E-state index is 5.51. The zero-order valence-corrected chi connectivity index (χ0v) is 12.2. The highest BCUT2D eigenvalue weighted by Gasteiger charge is 2.23. The minimum Gasteiger partial charge on any atom is -0.496 e. The first-order valence-electron chi connectivity index (χ1n) is 6.82. The number of nitrogens with one attached hydrogen (secondary N) is 2. The number of rotatable bonds is 7. The Morgan fingerprint density at radius 3 is 2.42 bits per heavy atom. The van der Waals surface area contributed by atoms with E-state index in [1.54, 1.807) is 14.2 Å². The van der Waals surface area contributed by atoms with E-state index in [-0.39, 0.29) is 6.04 Å². The highest BCUT2D eigenvalue weighted by Crippen LogP contribution is 2.32. The van der Waals surface area contributed by atoms with Crippen LogP contribution < -0.4 is 20.1 Å². The van der Waals surface area contributed by atoms with Crippen molar-refractivity contribution in [3.8, 4) is 11.5 Å². The van der Waals surface area contributed by atoms with Gasteiger partial charge < -0.3 is 20.1 Å². The van der Waals surface area contributed by atoms with Crippen LogP contribution in [0.4, 0.5) is 0 Å². The van der Waals surface area contributed by atoms with Crippen molar-refractivity contribution in [2.45, 2.75) is 31.8 Å². The van der Waals surface area contributed by atoms with Gasteiger partial charge in [0.05, 0.1) is 14.2 Å². The molecule has 1 atom stereocenters. The van der Waals surface area contributed by atoms with Gasteiger partial charge in [-0.25, -0.2) is 0 Å². The van der Waals surface area contributed by atoms with Gasteiger partial charge in [-0.05, 0) is 44.5 Å². The van der Waals surface area contributed by atoms with Crippen LogP contribution in [0, 0.1) is 6.92 Å². The van der Waals surface area contributed by atoms with Gasteiger partial charge in [0.1, 0.15) is 11.5 Å². The summed E-state index contributed by atoms with van der Waals surface area (Å²) >= 11 is 0. The summed E-state index contributed by atoms with van der Waals surface area (Å²) < 4.78 is 10.9. The van der Waals surface area contributed by atoms with Gasteiger partial charge >= 0.3 is 0 Å². The van der Waals surface area contributed by atoms with Gasteiger partial charge in [0.15, 0.2) is 0 Å². The third kappa shape index (κ3) is 3.39. The average Bonchev–Trinajstić information content (AvgIpc) is 3.24. The number of methoxy groups -OCH3 is 2. The maximum Gasteiger partial charge on any atom is 0.124 e. The van der Waals surface area contributed by atoms with Crippen LogP contribution in [-0.2, 0) is 0 Å². The van der Waals surface area contributed by atoms with Gasteiger partial charge in [0.2, 0.25) is 0 Å². The minimum atomic E-state index is 0.227. The molecule has 0 amide bonds. The van der Waals surface area contributed by atoms with Crippen molar-refractivity contribution < 1.29 is 9.47 Å². The molecule has 0 bridgehead atoms. The van der Waals surface area contributed by atoms with Crippen molar-refractivity contribution >= 4 is 0 Å². The Labute approximate surface area is 115 Å². The molecular formula is C15H24N2O2. The molecule has 0 saturated heterocycles. The summed E-state index contributed by atoms with van der Waals surface area (Å²) in [5.41, 5.74) is 2.23. The molecule has 1 fully saturated rings. The van der Waals surface area contributed by atoms with Crippen molar-refractivity contribution in [1.82, 2.24) is 10.6 Å². The Hall–Kier alpha value is -1.26. The van der Waals surface area contributed by atoms with Gasteiger partial charge in [-0.3, -0.25) is 0 Å². The summed E-state index contributed by atoms with van der Waals surface area (Å²) in [6.45, 7) is 2.94. The fraction of sp³-hybridized carbons (Fsp3) is 0.600. The monoisotopic (exact) mass is 264 g/mol. The molecule has 0 aliphatic heterocycles. The average molecular weight is 264 g/mol. The maximum atomic E-state index is 5.51. The molecule has 1 saturated carbocycles. The van der Waals surface area contributed by atoms with Gasteiger partial charge in [-0.2, -0.15) is 0 Å². The number of ether oxygens (including phenoxy) is 2. The fourth-order valence-corrected chi connectivity index (χ4v) is 2.29. The summed E-state index contributed by atoms with van der Waals surface area (Å²) in [7, 11) is 5.40. The highest BCUT2D eigenvalue weighted by molar-refractivity contribution is 5.47. The number of benzene rings is 1. The fourth-order valence-electron chi connectivity index (χ4n) is 2.29. The molecule has 0 aromatic heterocycles. The molecule has 0 heterocycles. The van der Waals surface area contributed by atoms with Crippen LogP contribution in [0.1, 0.15) is 30.0 Å². The van der Waals surface area contributed by atoms with Crippen molar-refractivity contribution in [3.63, 3.8) is 0 Å². The van der Waals surface area contributed by atoms with Gasteiger partial charge in [-0.1, -0.05) is 0 Å². The molecule has 1 aliphatic rings. The minimum absolute atomic E-state index is 0.227. The summed E-state index contributed by atoms with van der Waals surface area (Å²) in [5.74, 6) is 1.82. The molecule has 19 heavy (non-hydrogen) atoms. The Bertz CT molecular complexity index is 430. The first kappa shape index (κ1) is 14.2. The largest absolute Gasteiger partial charge is 0.496 e. The van der Waals surface area contributed by atoms with Crippen LogP contribution in [0.15, 0.2) is 12.1 Å². The molecule has 4 heteroatoms. The van der Waals surface area contributed by atoms with E-state index >= 15 is 0 Å². The molecule has 106 valence electrons. The first-order valence-corrected chi connectivity index (χ1v) is 6.82. The van der Waals surface area contributed by atoms with Gasteiger partial charge in [-0.15, -0.1) is 0 Å². The van der Waals surface area contributed by atoms with Crippen LogP contribution in [0.2, 0.25) is 0 Å². The lowest BCUT2D eigenvalue weighted by molar-refractivity contribution is 0.387. The van der Waals surface area contributed by atoms with E-state index in [9.17, 15) is 0 Å². The zero-order chi connectivity index (χ0) is 13.8. The number of aryl methyl sites for hydroxylation is 1. The molecule has 2 N–H and O–H groups in total. The molecule has 2 rings (SSSR count). The van der Waals surface area contributed by atoms with Crippen molar-refractivity contribution in [1.29, 1.82) is 0 Å². The Balaban J connectivity index is 2.22. The lowest BCUT2D eigenvalue weighted by Gasteiger charge is -2.21. The van der Waals surface area contributed by atoms with Gasteiger partial charge in [0, 0.05) is 24.2 Å². The van der Waals surface area contributed by atoms with E-state index in [4.69, 9.17) is 9.47 Å². The third-order valence-electron chi connectivity index (χ3n) is 3.66. The molecule has 1 aromatic rings. The second-order valence-electron chi connectivity index (χ2n) is 5.09. The van der Waals surface area contributed by atoms with Crippen molar-refractivity contribution in [2.75, 3.05) is 27.8 Å². The second kappa shape index (κ2) is 6.26. The Morgan fingerprint density at radius 2 is 1.89 bits per heavy atom. The van der Waals surface area contributed by atoms with Crippen molar-refractivity contribution in [3.05, 3.63) is 23.3 Å². The van der Waals surface area contributed by atoms with Gasteiger partial charge in [0.25, 0.3) is 0 Å². The molecule has 1 aliphatic carbocycles. The molecule has 0 radical (unpaired) electrons. The zero-order valence-electron chi connectivity index (χ0n) is 12.2. The smallest absolute Gasteiger partial charge is 0.124 e. The van der Waals surface area contributed by atoms with E-state index in [2.05, 4.69) is 16.7 Å². The summed E-state index contributed by atoms with van der Waals surface area (Å²) in [6, 6.07) is 5.04. The SMILES string of the molecule is CNC(CNC1CC1)c1cc(OC)c(C)cc1OC. The van der Waals surface area contributed by atoms with Crippen LogP contribution >= 0.6 is 0 Å². The molecule has 0 spiro atoms. The van der Waals surface area contributed by atoms with Crippen molar-refractivity contribution in [2.24, 2.45) is 0 Å². The Kier molecular flexibility index (Phi) is 4.66. The normalized spacial score (nSPS) is 16.2. The second-order valence-corrected chi connectivity index (χ2v) is 5.09. The summed E-state index contributed by atoms with van der Waals surface area (Å²) in [4.78, 5) is 0. The molecule has 1 aromatic carbocycles. The van der Waals surface area contributed by atoms with E-state index in [0.717, 1.165) is 29.2 Å². The number of likely N-dealkylation sites (N-methyl/N-ethyl adjacent to an activating group) is 1. The van der Waals surface area contributed by atoms with Crippen LogP contribution in [-0.4, -0.2) is 33.9 Å². The predicted octanol–water partition coefficient (Wildman–Crippen LogP) is 2.02. The molecule has 1 unspecified atom stereocenters. The van der Waals surface area contributed by atoms with E-state index in [0.29, 0.717) is 6.04 Å². The predicted molar refractivity (Wildman–Crippen MR) is 77.1 cm³/mol. The van der Waals surface area contributed by atoms with E-state index in [1.165, 1.54) is 12.8 Å². The number of hydrogen-bond acceptors (Lipinski definition) is 4. The van der Waals surface area contributed by atoms with Crippen LogP contribution in [0.5, 0.6) is 11.5 Å². The highest BCUT2D eigenvalue weighted by atomic mass is 16.5. The quantitative estimate of drug-likeness (QED) is 0.791. The third-order valence-corrected chi connectivity index (χ3v) is 3.66. The molecule has 4 nitrogen and oxygen atoms in total. The first-order chi connectivity index (χ1) is 9.19. The summed E-state index contributed by atoms with van der Waals surface area (Å²) in [5, 5.41) is 6.90.